The molecule has 26 heavy (non-hydrogen) atoms. The molecule has 7 nitrogen and oxygen atoms in total. The number of rotatable bonds is 4. The molecule has 0 fully saturated rings. The highest BCUT2D eigenvalue weighted by atomic mass is 19.1. The van der Waals surface area contributed by atoms with E-state index in [0.29, 0.717) is 41.9 Å². The molecule has 1 N–H and O–H groups in total. The van der Waals surface area contributed by atoms with Gasteiger partial charge in [0.1, 0.15) is 19.0 Å². The summed E-state index contributed by atoms with van der Waals surface area (Å²) in [4.78, 5) is 13.2. The lowest BCUT2D eigenvalue weighted by Crippen LogP contribution is -2.15. The summed E-state index contributed by atoms with van der Waals surface area (Å²) in [5.41, 5.74) is 1.41. The quantitative estimate of drug-likeness (QED) is 0.725. The first-order chi connectivity index (χ1) is 12.6. The Balaban J connectivity index is 1.67. The Morgan fingerprint density at radius 1 is 1.08 bits per heavy atom. The minimum Gasteiger partial charge on any atom is -0.486 e. The molecule has 2 heterocycles. The zero-order chi connectivity index (χ0) is 18.1. The maximum absolute atomic E-state index is 13.1. The lowest BCUT2D eigenvalue weighted by molar-refractivity contribution is 0.101. The molecule has 0 bridgehead atoms. The van der Waals surface area contributed by atoms with Crippen LogP contribution in [0.2, 0.25) is 0 Å². The Bertz CT molecular complexity index is 969. The predicted octanol–water partition coefficient (Wildman–Crippen LogP) is 3.12. The Kier molecular flexibility index (Phi) is 4.00. The molecule has 2 aromatic carbocycles. The number of carbonyl (C=O) groups excluding carboxylic acids is 1. The fourth-order valence-electron chi connectivity index (χ4n) is 2.58. The van der Waals surface area contributed by atoms with Crippen molar-refractivity contribution in [3.8, 4) is 17.2 Å². The van der Waals surface area contributed by atoms with Gasteiger partial charge in [-0.3, -0.25) is 4.79 Å². The molecule has 0 atom stereocenters. The second kappa shape index (κ2) is 6.47. The summed E-state index contributed by atoms with van der Waals surface area (Å²) < 4.78 is 24.2. The number of ketones is 1. The van der Waals surface area contributed by atoms with Gasteiger partial charge >= 0.3 is 0 Å². The molecule has 0 aliphatic carbocycles. The number of ether oxygens (including phenoxy) is 2. The first-order valence-corrected chi connectivity index (χ1v) is 8.01. The second-order valence-electron chi connectivity index (χ2n) is 5.70. The summed E-state index contributed by atoms with van der Waals surface area (Å²) >= 11 is 0. The van der Waals surface area contributed by atoms with E-state index in [1.807, 2.05) is 0 Å². The van der Waals surface area contributed by atoms with Gasteiger partial charge in [-0.25, -0.2) is 4.39 Å². The van der Waals surface area contributed by atoms with Gasteiger partial charge in [0.05, 0.1) is 5.69 Å². The summed E-state index contributed by atoms with van der Waals surface area (Å²) in [6.45, 7) is 2.41. The van der Waals surface area contributed by atoms with Crippen LogP contribution >= 0.6 is 0 Å². The normalized spacial score (nSPS) is 12.7. The van der Waals surface area contributed by atoms with Crippen molar-refractivity contribution in [3.63, 3.8) is 0 Å². The molecule has 3 aromatic rings. The van der Waals surface area contributed by atoms with Crippen LogP contribution in [-0.4, -0.2) is 34.0 Å². The van der Waals surface area contributed by atoms with E-state index in [4.69, 9.17) is 9.47 Å². The molecular weight excluding hydrogens is 339 g/mol. The highest BCUT2D eigenvalue weighted by Gasteiger charge is 2.18. The van der Waals surface area contributed by atoms with Crippen LogP contribution in [0.5, 0.6) is 11.5 Å². The van der Waals surface area contributed by atoms with E-state index in [2.05, 4.69) is 15.5 Å². The van der Waals surface area contributed by atoms with Crippen molar-refractivity contribution in [2.45, 2.75) is 6.92 Å². The summed E-state index contributed by atoms with van der Waals surface area (Å²) in [5, 5.41) is 11.6. The first kappa shape index (κ1) is 16.1. The van der Waals surface area contributed by atoms with Crippen molar-refractivity contribution >= 4 is 17.3 Å². The van der Waals surface area contributed by atoms with Gasteiger partial charge in [0, 0.05) is 18.7 Å². The monoisotopic (exact) mass is 354 g/mol. The lowest BCUT2D eigenvalue weighted by Gasteiger charge is -2.18. The van der Waals surface area contributed by atoms with Gasteiger partial charge < -0.3 is 14.8 Å². The molecule has 0 radical (unpaired) electrons. The Hall–Kier alpha value is -3.42. The van der Waals surface area contributed by atoms with Crippen molar-refractivity contribution in [1.29, 1.82) is 0 Å². The van der Waals surface area contributed by atoms with Crippen molar-refractivity contribution in [3.05, 3.63) is 54.0 Å². The van der Waals surface area contributed by atoms with Crippen LogP contribution in [0.4, 0.5) is 15.9 Å². The number of fused-ring (bicyclic) bond motifs is 1. The van der Waals surface area contributed by atoms with Crippen LogP contribution in [0.3, 0.4) is 0 Å². The molecule has 0 unspecified atom stereocenters. The number of anilines is 2. The third kappa shape index (κ3) is 3.08. The largest absolute Gasteiger partial charge is 0.486 e. The van der Waals surface area contributed by atoms with Gasteiger partial charge in [0.25, 0.3) is 0 Å². The van der Waals surface area contributed by atoms with E-state index >= 15 is 0 Å². The van der Waals surface area contributed by atoms with E-state index in [9.17, 15) is 9.18 Å². The minimum atomic E-state index is -0.359. The molecule has 1 aromatic heterocycles. The fourth-order valence-corrected chi connectivity index (χ4v) is 2.58. The number of halogens is 1. The maximum Gasteiger partial charge on any atom is 0.184 e. The molecule has 0 saturated carbocycles. The average Bonchev–Trinajstić information content (AvgIpc) is 3.06. The summed E-state index contributed by atoms with van der Waals surface area (Å²) in [5.74, 6) is 0.999. The zero-order valence-electron chi connectivity index (χ0n) is 13.9. The SMILES string of the molecule is CC(=O)c1nn(-c2ccc(F)cc2)nc1Nc1ccc2c(c1)OCCO2. The molecule has 1 aliphatic heterocycles. The highest BCUT2D eigenvalue weighted by Crippen LogP contribution is 2.33. The summed E-state index contributed by atoms with van der Waals surface area (Å²) in [6, 6.07) is 11.0. The molecule has 8 heteroatoms. The smallest absolute Gasteiger partial charge is 0.184 e. The topological polar surface area (TPSA) is 78.3 Å². The van der Waals surface area contributed by atoms with Gasteiger partial charge in [0.2, 0.25) is 0 Å². The van der Waals surface area contributed by atoms with Crippen LogP contribution in [0.1, 0.15) is 17.4 Å². The molecule has 132 valence electrons. The summed E-state index contributed by atoms with van der Waals surface area (Å²) in [6.07, 6.45) is 0. The molecule has 0 amide bonds. The molecule has 0 spiro atoms. The van der Waals surface area contributed by atoms with E-state index in [-0.39, 0.29) is 17.3 Å². The van der Waals surface area contributed by atoms with E-state index in [0.717, 1.165) is 0 Å². The Labute approximate surface area is 148 Å². The number of hydrogen-bond donors (Lipinski definition) is 1. The van der Waals surface area contributed by atoms with Gasteiger partial charge in [0.15, 0.2) is 28.8 Å². The van der Waals surface area contributed by atoms with Crippen molar-refractivity contribution in [2.75, 3.05) is 18.5 Å². The van der Waals surface area contributed by atoms with Crippen molar-refractivity contribution in [2.24, 2.45) is 0 Å². The van der Waals surface area contributed by atoms with E-state index < -0.39 is 0 Å². The minimum absolute atomic E-state index is 0.184. The third-order valence-corrected chi connectivity index (χ3v) is 3.81. The number of benzene rings is 2. The Morgan fingerprint density at radius 3 is 2.54 bits per heavy atom. The lowest BCUT2D eigenvalue weighted by atomic mass is 10.2. The van der Waals surface area contributed by atoms with Crippen LogP contribution in [0.25, 0.3) is 5.69 Å². The number of Topliss-reactive ketones (excluding diaryl/α,β-unsaturated/α-hetero) is 1. The van der Waals surface area contributed by atoms with Crippen molar-refractivity contribution < 1.29 is 18.7 Å². The standard InChI is InChI=1S/C18H15FN4O3/c1-11(24)17-18(22-23(21-17)14-5-2-12(19)3-6-14)20-13-4-7-15-16(10-13)26-9-8-25-15/h2-7,10H,8-9H2,1H3,(H,20,22). The van der Waals surface area contributed by atoms with Crippen LogP contribution < -0.4 is 14.8 Å². The van der Waals surface area contributed by atoms with Crippen LogP contribution in [-0.2, 0) is 0 Å². The maximum atomic E-state index is 13.1. The van der Waals surface area contributed by atoms with E-state index in [1.54, 1.807) is 18.2 Å². The van der Waals surface area contributed by atoms with Crippen LogP contribution in [0, 0.1) is 5.82 Å². The zero-order valence-corrected chi connectivity index (χ0v) is 13.9. The van der Waals surface area contributed by atoms with Crippen LogP contribution in [0.15, 0.2) is 42.5 Å². The van der Waals surface area contributed by atoms with Gasteiger partial charge in [-0.1, -0.05) is 0 Å². The van der Waals surface area contributed by atoms with Gasteiger partial charge in [-0.05, 0) is 36.4 Å². The molecule has 4 rings (SSSR count). The molecular formula is C18H15FN4O3. The number of hydrogen-bond acceptors (Lipinski definition) is 6. The number of nitrogens with one attached hydrogen (secondary N) is 1. The number of nitrogens with zero attached hydrogens (tertiary/aromatic N) is 3. The van der Waals surface area contributed by atoms with Gasteiger partial charge in [-0.15, -0.1) is 15.0 Å². The highest BCUT2D eigenvalue weighted by molar-refractivity contribution is 5.97. The molecule has 0 saturated heterocycles. The molecule has 1 aliphatic rings. The number of carbonyl (C=O) groups is 1. The van der Waals surface area contributed by atoms with Gasteiger partial charge in [-0.2, -0.15) is 0 Å². The predicted molar refractivity (Wildman–Crippen MR) is 92.0 cm³/mol. The average molecular weight is 354 g/mol. The Morgan fingerprint density at radius 2 is 1.81 bits per heavy atom. The van der Waals surface area contributed by atoms with Crippen molar-refractivity contribution in [1.82, 2.24) is 15.0 Å². The summed E-state index contributed by atoms with van der Waals surface area (Å²) in [7, 11) is 0. The fraction of sp³-hybridized carbons (Fsp3) is 0.167. The third-order valence-electron chi connectivity index (χ3n) is 3.81. The number of aromatic nitrogens is 3. The van der Waals surface area contributed by atoms with E-state index in [1.165, 1.54) is 36.0 Å². The second-order valence-corrected chi connectivity index (χ2v) is 5.70. The first-order valence-electron chi connectivity index (χ1n) is 8.01.